The minimum atomic E-state index is -3.94. The van der Waals surface area contributed by atoms with Crippen molar-refractivity contribution >= 4 is 21.7 Å². The van der Waals surface area contributed by atoms with Crippen molar-refractivity contribution in [2.24, 2.45) is 22.7 Å². The molecule has 3 saturated carbocycles. The van der Waals surface area contributed by atoms with Crippen LogP contribution in [0.4, 0.5) is 8.78 Å². The maximum absolute atomic E-state index is 17.4. The van der Waals surface area contributed by atoms with E-state index in [0.29, 0.717) is 12.8 Å². The number of carbonyl (C=O) groups excluding carboxylic acids is 2. The van der Waals surface area contributed by atoms with Gasteiger partial charge >= 0.3 is 0 Å². The molecular formula is C26H34F2O8S. The minimum absolute atomic E-state index is 0.0162. The Hall–Kier alpha value is -1.53. The summed E-state index contributed by atoms with van der Waals surface area (Å²) >= 11 is 0. The van der Waals surface area contributed by atoms with E-state index in [4.69, 9.17) is 13.7 Å². The van der Waals surface area contributed by atoms with Crippen LogP contribution in [0.5, 0.6) is 0 Å². The Labute approximate surface area is 215 Å². The van der Waals surface area contributed by atoms with Crippen molar-refractivity contribution in [1.29, 1.82) is 0 Å². The molecule has 0 aromatic carbocycles. The number of allylic oxidation sites excluding steroid dienone is 4. The first kappa shape index (κ1) is 27.1. The van der Waals surface area contributed by atoms with Gasteiger partial charge in [-0.05, 0) is 56.3 Å². The number of ether oxygens (including phenoxy) is 2. The van der Waals surface area contributed by atoms with Crippen molar-refractivity contribution < 1.29 is 45.6 Å². The molecule has 10 atom stereocenters. The Morgan fingerprint density at radius 2 is 1.97 bits per heavy atom. The van der Waals surface area contributed by atoms with Gasteiger partial charge < -0.3 is 14.6 Å². The highest BCUT2D eigenvalue weighted by atomic mass is 32.2. The molecule has 5 aliphatic rings. The van der Waals surface area contributed by atoms with E-state index in [1.165, 1.54) is 19.1 Å². The molecule has 206 valence electrons. The zero-order valence-electron chi connectivity index (χ0n) is 21.4. The summed E-state index contributed by atoms with van der Waals surface area (Å²) in [4.78, 5) is 25.8. The zero-order chi connectivity index (χ0) is 27.2. The summed E-state index contributed by atoms with van der Waals surface area (Å²) in [5.74, 6) is -2.73. The number of halogens is 2. The first-order valence-electron chi connectivity index (χ1n) is 12.8. The van der Waals surface area contributed by atoms with E-state index < -0.39 is 86.9 Å². The van der Waals surface area contributed by atoms with Crippen LogP contribution in [0, 0.1) is 22.7 Å². The predicted molar refractivity (Wildman–Crippen MR) is 127 cm³/mol. The van der Waals surface area contributed by atoms with Gasteiger partial charge in [0.15, 0.2) is 29.1 Å². The molecule has 1 N–H and O–H groups in total. The van der Waals surface area contributed by atoms with E-state index in [1.54, 1.807) is 6.92 Å². The molecule has 0 amide bonds. The standard InChI is InChI=1S/C26H34F2O8S/c1-5-6-22-35-21-11-15-16-10-18(27)17-9-14(29)7-8-23(17,2)25(16,28)19(30)12-24(15,3)26(21,36-22)20(31)13-34-37(4,32)33/h7-9,15-16,18-19,21-22,30H,5-6,10-13H2,1-4H3/t15-,16-,18-,19-,21+,22+,23-,24-,25-,26+/m0/s1. The molecule has 1 aliphatic heterocycles. The molecule has 4 fully saturated rings. The molecule has 5 rings (SSSR count). The smallest absolute Gasteiger partial charge is 0.264 e. The van der Waals surface area contributed by atoms with Crippen LogP contribution in [0.1, 0.15) is 52.9 Å². The molecule has 0 aromatic rings. The van der Waals surface area contributed by atoms with Crippen LogP contribution in [0.25, 0.3) is 0 Å². The molecule has 0 unspecified atom stereocenters. The molecule has 0 radical (unpaired) electrons. The molecule has 0 aromatic heterocycles. The number of hydrogen-bond donors (Lipinski definition) is 1. The molecule has 1 heterocycles. The van der Waals surface area contributed by atoms with Crippen molar-refractivity contribution in [1.82, 2.24) is 0 Å². The second kappa shape index (κ2) is 8.48. The number of rotatable bonds is 6. The monoisotopic (exact) mass is 544 g/mol. The predicted octanol–water partition coefficient (Wildman–Crippen LogP) is 2.74. The fourth-order valence-corrected chi connectivity index (χ4v) is 8.47. The minimum Gasteiger partial charge on any atom is -0.390 e. The van der Waals surface area contributed by atoms with Gasteiger partial charge in [0.25, 0.3) is 10.1 Å². The lowest BCUT2D eigenvalue weighted by molar-refractivity contribution is -0.234. The first-order valence-corrected chi connectivity index (χ1v) is 14.6. The first-order chi connectivity index (χ1) is 17.1. The zero-order valence-corrected chi connectivity index (χ0v) is 22.2. The fraction of sp³-hybridized carbons (Fsp3) is 0.769. The molecular weight excluding hydrogens is 510 g/mol. The molecule has 8 nitrogen and oxygen atoms in total. The normalized spacial score (nSPS) is 48.6. The van der Waals surface area contributed by atoms with Crippen molar-refractivity contribution in [2.75, 3.05) is 12.9 Å². The third-order valence-corrected chi connectivity index (χ3v) is 10.3. The van der Waals surface area contributed by atoms with E-state index >= 15 is 8.78 Å². The van der Waals surface area contributed by atoms with Crippen molar-refractivity contribution in [2.45, 2.75) is 88.8 Å². The number of aliphatic hydroxyl groups is 1. The Morgan fingerprint density at radius 3 is 2.62 bits per heavy atom. The Bertz CT molecular complexity index is 1180. The number of alkyl halides is 2. The fourth-order valence-electron chi connectivity index (χ4n) is 8.15. The second-order valence-corrected chi connectivity index (χ2v) is 13.3. The second-order valence-electron chi connectivity index (χ2n) is 11.7. The highest BCUT2D eigenvalue weighted by Gasteiger charge is 2.80. The summed E-state index contributed by atoms with van der Waals surface area (Å²) in [6.45, 7) is 4.36. The topological polar surface area (TPSA) is 116 Å². The van der Waals surface area contributed by atoms with E-state index in [0.717, 1.165) is 12.3 Å². The lowest BCUT2D eigenvalue weighted by Gasteiger charge is -2.63. The summed E-state index contributed by atoms with van der Waals surface area (Å²) < 4.78 is 73.6. The summed E-state index contributed by atoms with van der Waals surface area (Å²) in [7, 11) is -3.94. The van der Waals surface area contributed by atoms with Gasteiger partial charge in [-0.25, -0.2) is 8.78 Å². The quantitative estimate of drug-likeness (QED) is 0.508. The number of Topliss-reactive ketones (excluding diaryl/α,β-unsaturated/α-hetero) is 1. The molecule has 4 aliphatic carbocycles. The number of ketones is 2. The highest BCUT2D eigenvalue weighted by Crippen LogP contribution is 2.72. The van der Waals surface area contributed by atoms with Crippen molar-refractivity contribution in [3.05, 3.63) is 23.8 Å². The number of carbonyl (C=O) groups is 2. The van der Waals surface area contributed by atoms with E-state index in [2.05, 4.69) is 0 Å². The van der Waals surface area contributed by atoms with Gasteiger partial charge in [-0.3, -0.25) is 13.8 Å². The maximum Gasteiger partial charge on any atom is 0.264 e. The van der Waals surface area contributed by atoms with Gasteiger partial charge in [0.2, 0.25) is 0 Å². The van der Waals surface area contributed by atoms with E-state index in [-0.39, 0.29) is 24.8 Å². The summed E-state index contributed by atoms with van der Waals surface area (Å²) in [6.07, 6.45) is 0.604. The van der Waals surface area contributed by atoms with E-state index in [9.17, 15) is 23.1 Å². The Kier molecular flexibility index (Phi) is 6.20. The highest BCUT2D eigenvalue weighted by molar-refractivity contribution is 7.86. The number of hydrogen-bond acceptors (Lipinski definition) is 8. The van der Waals surface area contributed by atoms with Crippen LogP contribution >= 0.6 is 0 Å². The SMILES string of the molecule is CCC[C@@H]1O[C@@H]2C[C@H]3[C@@H]4C[C@H](F)C5=CC(=O)C=C[C@]5(C)[C@@]4(F)[C@@H](O)C[C@]3(C)[C@]2(C(=O)COS(C)(=O)=O)O1. The van der Waals surface area contributed by atoms with Gasteiger partial charge in [0, 0.05) is 16.7 Å². The molecule has 37 heavy (non-hydrogen) atoms. The van der Waals surface area contributed by atoms with Crippen LogP contribution in [-0.4, -0.2) is 73.9 Å². The molecule has 0 bridgehead atoms. The van der Waals surface area contributed by atoms with Crippen LogP contribution in [0.2, 0.25) is 0 Å². The summed E-state index contributed by atoms with van der Waals surface area (Å²) in [6, 6.07) is 0. The molecule has 11 heteroatoms. The number of aliphatic hydroxyl groups excluding tert-OH is 1. The maximum atomic E-state index is 17.4. The third kappa shape index (κ3) is 3.53. The Morgan fingerprint density at radius 1 is 1.27 bits per heavy atom. The number of fused-ring (bicyclic) bond motifs is 7. The van der Waals surface area contributed by atoms with Crippen LogP contribution in [0.15, 0.2) is 23.8 Å². The molecule has 0 spiro atoms. The average molecular weight is 545 g/mol. The van der Waals surface area contributed by atoms with Gasteiger partial charge in [-0.15, -0.1) is 0 Å². The molecule has 1 saturated heterocycles. The van der Waals surface area contributed by atoms with Crippen molar-refractivity contribution in [3.63, 3.8) is 0 Å². The summed E-state index contributed by atoms with van der Waals surface area (Å²) in [5, 5.41) is 11.5. The van der Waals surface area contributed by atoms with Gasteiger partial charge in [0.05, 0.1) is 18.5 Å². The van der Waals surface area contributed by atoms with Gasteiger partial charge in [-0.1, -0.05) is 26.3 Å². The average Bonchev–Trinajstić information content (AvgIpc) is 3.28. The van der Waals surface area contributed by atoms with E-state index in [1.807, 2.05) is 6.92 Å². The third-order valence-electron chi connectivity index (χ3n) is 9.76. The lowest BCUT2D eigenvalue weighted by atomic mass is 9.44. The largest absolute Gasteiger partial charge is 0.390 e. The van der Waals surface area contributed by atoms with Crippen LogP contribution in [0.3, 0.4) is 0 Å². The van der Waals surface area contributed by atoms with Gasteiger partial charge in [-0.2, -0.15) is 8.42 Å². The van der Waals surface area contributed by atoms with Crippen LogP contribution in [-0.2, 0) is 33.4 Å². The summed E-state index contributed by atoms with van der Waals surface area (Å²) in [5.41, 5.74) is -6.72. The Balaban J connectivity index is 1.59. The van der Waals surface area contributed by atoms with Crippen LogP contribution < -0.4 is 0 Å². The van der Waals surface area contributed by atoms with Crippen molar-refractivity contribution in [3.8, 4) is 0 Å². The van der Waals surface area contributed by atoms with Gasteiger partial charge in [0.1, 0.15) is 12.8 Å². The lowest BCUT2D eigenvalue weighted by Crippen LogP contribution is -2.71.